The van der Waals surface area contributed by atoms with Crippen LogP contribution in [0, 0.1) is 5.82 Å². The van der Waals surface area contributed by atoms with E-state index in [2.05, 4.69) is 12.9 Å². The van der Waals surface area contributed by atoms with Gasteiger partial charge < -0.3 is 4.18 Å². The van der Waals surface area contributed by atoms with E-state index in [0.29, 0.717) is 0 Å². The topological polar surface area (TPSA) is 150 Å². The van der Waals surface area contributed by atoms with E-state index in [9.17, 15) is 29.6 Å². The summed E-state index contributed by atoms with van der Waals surface area (Å²) in [6.07, 6.45) is -0.426. The fraction of sp³-hybridized carbons (Fsp3) is 0.400. The van der Waals surface area contributed by atoms with Crippen molar-refractivity contribution in [2.45, 2.75) is 12.8 Å². The summed E-state index contributed by atoms with van der Waals surface area (Å²) >= 11 is 0. The molecule has 0 heterocycles. The van der Waals surface area contributed by atoms with Crippen molar-refractivity contribution in [2.24, 2.45) is 0 Å². The summed E-state index contributed by atoms with van der Waals surface area (Å²) in [5.74, 6) is -2.40. The molecule has 1 N–H and O–H groups in total. The molecule has 0 atom stereocenters. The molecule has 0 unspecified atom stereocenters. The Hall–Kier alpha value is -1.32. The summed E-state index contributed by atoms with van der Waals surface area (Å²) < 4.78 is 99.3. The van der Waals surface area contributed by atoms with Crippen LogP contribution in [0.3, 0.4) is 0 Å². The van der Waals surface area contributed by atoms with Crippen molar-refractivity contribution in [1.29, 1.82) is 0 Å². The molecule has 0 radical (unpaired) electrons. The highest BCUT2D eigenvalue weighted by Gasteiger charge is 2.22. The molecule has 0 aliphatic rings. The van der Waals surface area contributed by atoms with Crippen molar-refractivity contribution in [3.63, 3.8) is 0 Å². The number of unbranched alkanes of at least 4 members (excludes halogenated alkanes) is 1. The molecular weight excluding hydrogens is 395 g/mol. The van der Waals surface area contributed by atoms with Gasteiger partial charge in [0.25, 0.3) is 20.2 Å². The monoisotopic (exact) mass is 408 g/mol. The predicted octanol–water partition coefficient (Wildman–Crippen LogP) is 0.395. The molecule has 138 valence electrons. The second-order valence-corrected chi connectivity index (χ2v) is 8.69. The molecular formula is C10H13FO10S3. The molecule has 0 saturated heterocycles. The van der Waals surface area contributed by atoms with E-state index in [4.69, 9.17) is 4.55 Å². The Morgan fingerprint density at radius 2 is 1.42 bits per heavy atom. The fourth-order valence-electron chi connectivity index (χ4n) is 1.30. The molecule has 0 spiro atoms. The summed E-state index contributed by atoms with van der Waals surface area (Å²) in [6.45, 7) is 0. The van der Waals surface area contributed by atoms with E-state index in [1.807, 2.05) is 0 Å². The molecule has 24 heavy (non-hydrogen) atoms. The molecule has 0 bridgehead atoms. The van der Waals surface area contributed by atoms with Crippen LogP contribution < -0.4 is 4.18 Å². The van der Waals surface area contributed by atoms with Crippen LogP contribution in [-0.4, -0.2) is 41.3 Å². The Morgan fingerprint density at radius 1 is 0.875 bits per heavy atom. The first kappa shape index (κ1) is 20.7. The van der Waals surface area contributed by atoms with Crippen LogP contribution in [0.15, 0.2) is 24.3 Å². The number of hydrogen-bond donors (Lipinski definition) is 1. The van der Waals surface area contributed by atoms with Gasteiger partial charge in [-0.15, -0.1) is 0 Å². The minimum Gasteiger partial charge on any atom is -0.360 e. The highest BCUT2D eigenvalue weighted by atomic mass is 32.3. The van der Waals surface area contributed by atoms with Gasteiger partial charge in [0, 0.05) is 0 Å². The van der Waals surface area contributed by atoms with Gasteiger partial charge in [-0.3, -0.25) is 4.55 Å². The summed E-state index contributed by atoms with van der Waals surface area (Å²) in [5.41, 5.74) is 0. The molecule has 1 aromatic carbocycles. The minimum absolute atomic E-state index is 0.194. The normalized spacial score (nSPS) is 12.9. The van der Waals surface area contributed by atoms with Crippen LogP contribution in [0.5, 0.6) is 5.75 Å². The zero-order valence-corrected chi connectivity index (χ0v) is 14.3. The zero-order chi connectivity index (χ0) is 18.4. The maximum Gasteiger partial charge on any atom is 0.477 e. The highest BCUT2D eigenvalue weighted by Crippen LogP contribution is 2.15. The van der Waals surface area contributed by atoms with Gasteiger partial charge in [0.05, 0.1) is 11.5 Å². The van der Waals surface area contributed by atoms with Crippen LogP contribution in [0.1, 0.15) is 12.8 Å². The summed E-state index contributed by atoms with van der Waals surface area (Å²) in [4.78, 5) is 0. The summed E-state index contributed by atoms with van der Waals surface area (Å²) in [7, 11) is -13.6. The lowest BCUT2D eigenvalue weighted by Gasteiger charge is -2.06. The third kappa shape index (κ3) is 9.09. The van der Waals surface area contributed by atoms with E-state index in [-0.39, 0.29) is 18.6 Å². The second-order valence-electron chi connectivity index (χ2n) is 4.34. The van der Waals surface area contributed by atoms with E-state index < -0.39 is 48.0 Å². The fourth-order valence-corrected chi connectivity index (χ4v) is 3.48. The van der Waals surface area contributed by atoms with Crippen LogP contribution in [0.4, 0.5) is 4.39 Å². The average molecular weight is 408 g/mol. The summed E-state index contributed by atoms with van der Waals surface area (Å²) in [5, 5.41) is 0. The van der Waals surface area contributed by atoms with Crippen molar-refractivity contribution in [3.05, 3.63) is 30.1 Å². The number of halogens is 1. The Balaban J connectivity index is 2.48. The van der Waals surface area contributed by atoms with E-state index in [1.165, 1.54) is 0 Å². The third-order valence-electron chi connectivity index (χ3n) is 2.27. The first-order chi connectivity index (χ1) is 10.9. The smallest absolute Gasteiger partial charge is 0.360 e. The Labute approximate surface area is 138 Å². The molecule has 0 amide bonds. The van der Waals surface area contributed by atoms with Crippen molar-refractivity contribution < 1.29 is 47.0 Å². The Morgan fingerprint density at radius 3 is 1.96 bits per heavy atom. The Kier molecular flexibility index (Phi) is 7.06. The van der Waals surface area contributed by atoms with Gasteiger partial charge in [0.2, 0.25) is 0 Å². The van der Waals surface area contributed by atoms with Gasteiger partial charge in [0.1, 0.15) is 11.6 Å². The molecule has 0 saturated carbocycles. The minimum atomic E-state index is -4.89. The quantitative estimate of drug-likeness (QED) is 0.249. The number of benzene rings is 1. The SMILES string of the molecule is O=S(=O)(O)CCCCS(=O)(=O)OOS(=O)(=O)Oc1ccc(F)cc1. The van der Waals surface area contributed by atoms with E-state index >= 15 is 0 Å². The molecule has 0 aliphatic heterocycles. The van der Waals surface area contributed by atoms with Crippen LogP contribution in [0.25, 0.3) is 0 Å². The number of hydrogen-bond acceptors (Lipinski definition) is 9. The maximum atomic E-state index is 12.7. The first-order valence-electron chi connectivity index (χ1n) is 6.14. The number of rotatable bonds is 10. The van der Waals surface area contributed by atoms with E-state index in [1.54, 1.807) is 0 Å². The van der Waals surface area contributed by atoms with Gasteiger partial charge >= 0.3 is 10.4 Å². The van der Waals surface area contributed by atoms with Gasteiger partial charge in [-0.25, -0.2) is 4.39 Å². The first-order valence-corrected chi connectivity index (χ1v) is 10.7. The molecule has 14 heteroatoms. The van der Waals surface area contributed by atoms with Gasteiger partial charge in [0.15, 0.2) is 0 Å². The van der Waals surface area contributed by atoms with Gasteiger partial charge in [-0.05, 0) is 37.1 Å². The molecule has 1 aromatic rings. The Bertz CT molecular complexity index is 843. The van der Waals surface area contributed by atoms with E-state index in [0.717, 1.165) is 24.3 Å². The van der Waals surface area contributed by atoms with Crippen molar-refractivity contribution in [3.8, 4) is 5.75 Å². The standard InChI is InChI=1S/C10H13FO10S3/c11-9-3-5-10(6-4-9)19-24(17,18)21-20-23(15,16)8-2-1-7-22(12,13)14/h3-6H,1-2,7-8H2,(H,12,13,14). The largest absolute Gasteiger partial charge is 0.477 e. The highest BCUT2D eigenvalue weighted by molar-refractivity contribution is 7.87. The van der Waals surface area contributed by atoms with Gasteiger partial charge in [-0.1, -0.05) is 8.67 Å². The lowest BCUT2D eigenvalue weighted by Crippen LogP contribution is -2.19. The van der Waals surface area contributed by atoms with Crippen molar-refractivity contribution in [1.82, 2.24) is 0 Å². The third-order valence-corrected chi connectivity index (χ3v) is 4.86. The molecule has 0 aromatic heterocycles. The van der Waals surface area contributed by atoms with Gasteiger partial charge in [-0.2, -0.15) is 25.3 Å². The average Bonchev–Trinajstić information content (AvgIpc) is 2.43. The molecule has 0 fully saturated rings. The van der Waals surface area contributed by atoms with Crippen molar-refractivity contribution in [2.75, 3.05) is 11.5 Å². The van der Waals surface area contributed by atoms with Crippen LogP contribution in [-0.2, 0) is 39.3 Å². The van der Waals surface area contributed by atoms with Crippen LogP contribution in [0.2, 0.25) is 0 Å². The predicted molar refractivity (Wildman–Crippen MR) is 77.6 cm³/mol. The maximum absolute atomic E-state index is 12.7. The summed E-state index contributed by atoms with van der Waals surface area (Å²) in [6, 6.07) is 3.72. The molecule has 1 rings (SSSR count). The molecule has 10 nitrogen and oxygen atoms in total. The lowest BCUT2D eigenvalue weighted by molar-refractivity contribution is -0.0938. The zero-order valence-electron chi connectivity index (χ0n) is 11.9. The van der Waals surface area contributed by atoms with Crippen LogP contribution >= 0.6 is 0 Å². The van der Waals surface area contributed by atoms with Crippen molar-refractivity contribution >= 4 is 30.6 Å². The lowest BCUT2D eigenvalue weighted by atomic mass is 10.3. The second kappa shape index (κ2) is 8.17. The molecule has 0 aliphatic carbocycles.